The highest BCUT2D eigenvalue weighted by atomic mass is 79.9. The quantitative estimate of drug-likeness (QED) is 0.435. The zero-order valence-electron chi connectivity index (χ0n) is 9.92. The van der Waals surface area contributed by atoms with Gasteiger partial charge in [0.15, 0.2) is 0 Å². The number of allylic oxidation sites excluding steroid dienone is 1. The first-order valence-electron chi connectivity index (χ1n) is 6.18. The minimum atomic E-state index is 1.17. The standard InChI is InChI=1S/C15H21Br/c1-2-3-4-5-6-7-8-9-14-10-12-15(16)13-11-14/h2,10-13H,1,3-9H2. The lowest BCUT2D eigenvalue weighted by Gasteiger charge is -2.02. The Hall–Kier alpha value is -0.560. The molecule has 1 aromatic carbocycles. The summed E-state index contributed by atoms with van der Waals surface area (Å²) in [5, 5.41) is 0. The van der Waals surface area contributed by atoms with Gasteiger partial charge in [0, 0.05) is 4.47 Å². The average molecular weight is 281 g/mol. The molecule has 0 saturated carbocycles. The van der Waals surface area contributed by atoms with Crippen LogP contribution in [-0.2, 0) is 6.42 Å². The van der Waals surface area contributed by atoms with Gasteiger partial charge in [-0.15, -0.1) is 6.58 Å². The maximum absolute atomic E-state index is 3.74. The number of aryl methyl sites for hydroxylation is 1. The van der Waals surface area contributed by atoms with E-state index in [4.69, 9.17) is 0 Å². The topological polar surface area (TPSA) is 0 Å². The van der Waals surface area contributed by atoms with Crippen LogP contribution < -0.4 is 0 Å². The van der Waals surface area contributed by atoms with E-state index in [1.54, 1.807) is 0 Å². The summed E-state index contributed by atoms with van der Waals surface area (Å²) in [6.07, 6.45) is 11.1. The molecule has 88 valence electrons. The maximum atomic E-state index is 3.74. The van der Waals surface area contributed by atoms with Gasteiger partial charge in [-0.05, 0) is 43.4 Å². The fourth-order valence-electron chi connectivity index (χ4n) is 1.80. The Bertz CT molecular complexity index is 287. The second kappa shape index (κ2) is 8.58. The molecule has 0 amide bonds. The number of hydrogen-bond acceptors (Lipinski definition) is 0. The van der Waals surface area contributed by atoms with Gasteiger partial charge in [0.25, 0.3) is 0 Å². The molecule has 1 heteroatoms. The van der Waals surface area contributed by atoms with Crippen molar-refractivity contribution in [3.05, 3.63) is 47.0 Å². The Morgan fingerprint density at radius 3 is 2.25 bits per heavy atom. The van der Waals surface area contributed by atoms with Gasteiger partial charge in [-0.2, -0.15) is 0 Å². The van der Waals surface area contributed by atoms with Crippen molar-refractivity contribution in [2.75, 3.05) is 0 Å². The number of unbranched alkanes of at least 4 members (excludes halogenated alkanes) is 5. The van der Waals surface area contributed by atoms with E-state index in [-0.39, 0.29) is 0 Å². The van der Waals surface area contributed by atoms with Gasteiger partial charge in [0.05, 0.1) is 0 Å². The summed E-state index contributed by atoms with van der Waals surface area (Å²) in [5.74, 6) is 0. The molecule has 0 bridgehead atoms. The molecule has 0 aliphatic rings. The summed E-state index contributed by atoms with van der Waals surface area (Å²) in [4.78, 5) is 0. The molecule has 0 aliphatic heterocycles. The Morgan fingerprint density at radius 2 is 1.56 bits per heavy atom. The van der Waals surface area contributed by atoms with Gasteiger partial charge in [0.2, 0.25) is 0 Å². The van der Waals surface area contributed by atoms with Crippen molar-refractivity contribution in [2.45, 2.75) is 44.9 Å². The van der Waals surface area contributed by atoms with E-state index in [1.165, 1.54) is 55.0 Å². The highest BCUT2D eigenvalue weighted by Crippen LogP contribution is 2.13. The Morgan fingerprint density at radius 1 is 0.938 bits per heavy atom. The molecule has 0 nitrogen and oxygen atoms in total. The normalized spacial score (nSPS) is 10.3. The number of halogens is 1. The van der Waals surface area contributed by atoms with Gasteiger partial charge >= 0.3 is 0 Å². The molecule has 0 heterocycles. The molecule has 1 aromatic rings. The molecule has 0 aliphatic carbocycles. The first-order valence-corrected chi connectivity index (χ1v) is 6.97. The van der Waals surface area contributed by atoms with Gasteiger partial charge in [0.1, 0.15) is 0 Å². The Balaban J connectivity index is 2.02. The molecule has 0 saturated heterocycles. The Labute approximate surface area is 108 Å². The highest BCUT2D eigenvalue weighted by Gasteiger charge is 1.94. The lowest BCUT2D eigenvalue weighted by atomic mass is 10.1. The zero-order chi connectivity index (χ0) is 11.6. The number of hydrogen-bond donors (Lipinski definition) is 0. The van der Waals surface area contributed by atoms with Gasteiger partial charge in [-0.25, -0.2) is 0 Å². The van der Waals surface area contributed by atoms with Crippen molar-refractivity contribution >= 4 is 15.9 Å². The van der Waals surface area contributed by atoms with Gasteiger partial charge in [-0.3, -0.25) is 0 Å². The molecule has 0 spiro atoms. The molecule has 0 unspecified atom stereocenters. The second-order valence-electron chi connectivity index (χ2n) is 4.22. The monoisotopic (exact) mass is 280 g/mol. The summed E-state index contributed by atoms with van der Waals surface area (Å²) in [6.45, 7) is 3.74. The van der Waals surface area contributed by atoms with Crippen molar-refractivity contribution in [2.24, 2.45) is 0 Å². The second-order valence-corrected chi connectivity index (χ2v) is 5.14. The van der Waals surface area contributed by atoms with E-state index < -0.39 is 0 Å². The molecule has 0 atom stereocenters. The van der Waals surface area contributed by atoms with E-state index in [9.17, 15) is 0 Å². The maximum Gasteiger partial charge on any atom is 0.0175 e. The van der Waals surface area contributed by atoms with Crippen LogP contribution in [0.25, 0.3) is 0 Å². The third kappa shape index (κ3) is 6.12. The predicted octanol–water partition coefficient (Wildman–Crippen LogP) is 5.52. The van der Waals surface area contributed by atoms with Crippen LogP contribution in [0.2, 0.25) is 0 Å². The predicted molar refractivity (Wildman–Crippen MR) is 75.7 cm³/mol. The van der Waals surface area contributed by atoms with E-state index in [1.807, 2.05) is 6.08 Å². The summed E-state index contributed by atoms with van der Waals surface area (Å²) in [6, 6.07) is 8.67. The lowest BCUT2D eigenvalue weighted by Crippen LogP contribution is -1.85. The first kappa shape index (κ1) is 13.5. The van der Waals surface area contributed by atoms with E-state index in [0.717, 1.165) is 0 Å². The van der Waals surface area contributed by atoms with E-state index in [0.29, 0.717) is 0 Å². The van der Waals surface area contributed by atoms with Crippen LogP contribution in [0.5, 0.6) is 0 Å². The first-order chi connectivity index (χ1) is 7.83. The third-order valence-corrected chi connectivity index (χ3v) is 3.32. The minimum absolute atomic E-state index is 1.17. The largest absolute Gasteiger partial charge is 0.103 e. The smallest absolute Gasteiger partial charge is 0.0175 e. The van der Waals surface area contributed by atoms with E-state index >= 15 is 0 Å². The van der Waals surface area contributed by atoms with E-state index in [2.05, 4.69) is 46.8 Å². The summed E-state index contributed by atoms with van der Waals surface area (Å²) >= 11 is 3.45. The van der Waals surface area contributed by atoms with Crippen molar-refractivity contribution < 1.29 is 0 Å². The van der Waals surface area contributed by atoms with Crippen LogP contribution in [0.1, 0.15) is 44.1 Å². The summed E-state index contributed by atoms with van der Waals surface area (Å²) in [5.41, 5.74) is 1.45. The van der Waals surface area contributed by atoms with Crippen LogP contribution >= 0.6 is 15.9 Å². The van der Waals surface area contributed by atoms with Gasteiger partial charge in [-0.1, -0.05) is 53.4 Å². The minimum Gasteiger partial charge on any atom is -0.103 e. The molecule has 1 rings (SSSR count). The number of benzene rings is 1. The molecule has 0 aromatic heterocycles. The van der Waals surface area contributed by atoms with Crippen LogP contribution in [-0.4, -0.2) is 0 Å². The summed E-state index contributed by atoms with van der Waals surface area (Å²) in [7, 11) is 0. The molecular weight excluding hydrogens is 260 g/mol. The van der Waals surface area contributed by atoms with Crippen LogP contribution in [0.3, 0.4) is 0 Å². The third-order valence-electron chi connectivity index (χ3n) is 2.79. The SMILES string of the molecule is C=CCCCCCCCc1ccc(Br)cc1. The van der Waals surface area contributed by atoms with Crippen molar-refractivity contribution in [1.29, 1.82) is 0 Å². The highest BCUT2D eigenvalue weighted by molar-refractivity contribution is 9.10. The molecular formula is C15H21Br. The van der Waals surface area contributed by atoms with Gasteiger partial charge < -0.3 is 0 Å². The molecule has 0 N–H and O–H groups in total. The van der Waals surface area contributed by atoms with Crippen molar-refractivity contribution in [1.82, 2.24) is 0 Å². The lowest BCUT2D eigenvalue weighted by molar-refractivity contribution is 0.618. The average Bonchev–Trinajstić information content (AvgIpc) is 2.30. The zero-order valence-corrected chi connectivity index (χ0v) is 11.5. The van der Waals surface area contributed by atoms with Crippen LogP contribution in [0.4, 0.5) is 0 Å². The molecule has 0 fully saturated rings. The Kier molecular flexibility index (Phi) is 7.24. The fourth-order valence-corrected chi connectivity index (χ4v) is 2.06. The summed E-state index contributed by atoms with van der Waals surface area (Å²) < 4.78 is 1.17. The molecule has 16 heavy (non-hydrogen) atoms. The number of rotatable bonds is 8. The van der Waals surface area contributed by atoms with Crippen LogP contribution in [0.15, 0.2) is 41.4 Å². The molecule has 0 radical (unpaired) electrons. The fraction of sp³-hybridized carbons (Fsp3) is 0.467. The van der Waals surface area contributed by atoms with Crippen molar-refractivity contribution in [3.63, 3.8) is 0 Å². The van der Waals surface area contributed by atoms with Crippen LogP contribution in [0, 0.1) is 0 Å². The van der Waals surface area contributed by atoms with Crippen molar-refractivity contribution in [3.8, 4) is 0 Å².